The van der Waals surface area contributed by atoms with Crippen molar-refractivity contribution in [3.63, 3.8) is 0 Å². The van der Waals surface area contributed by atoms with E-state index in [4.69, 9.17) is 10.2 Å². The highest BCUT2D eigenvalue weighted by molar-refractivity contribution is 6.17. The van der Waals surface area contributed by atoms with E-state index in [1.807, 2.05) is 0 Å². The van der Waals surface area contributed by atoms with Crippen LogP contribution in [0.4, 0.5) is 0 Å². The molecular formula is C10H8O6. The smallest absolute Gasteiger partial charge is 0.347 e. The zero-order chi connectivity index (χ0) is 12.3. The van der Waals surface area contributed by atoms with Crippen molar-refractivity contribution in [3.8, 4) is 5.75 Å². The largest absolute Gasteiger partial charge is 0.507 e. The maximum atomic E-state index is 10.6. The molecule has 1 rings (SSSR count). The van der Waals surface area contributed by atoms with Gasteiger partial charge >= 0.3 is 11.9 Å². The predicted molar refractivity (Wildman–Crippen MR) is 52.9 cm³/mol. The number of carboxylic acids is 2. The number of carboxylic acid groups (broad SMARTS) is 2. The topological polar surface area (TPSA) is 115 Å². The minimum atomic E-state index is -1.78. The van der Waals surface area contributed by atoms with Gasteiger partial charge in [-0.25, -0.2) is 9.59 Å². The van der Waals surface area contributed by atoms with Crippen molar-refractivity contribution in [1.29, 1.82) is 0 Å². The number of aliphatic carboxylic acids is 2. The number of phenols is 1. The van der Waals surface area contributed by atoms with Crippen LogP contribution in [0.5, 0.6) is 5.75 Å². The Morgan fingerprint density at radius 2 is 1.44 bits per heavy atom. The van der Waals surface area contributed by atoms with Crippen LogP contribution >= 0.6 is 0 Å². The van der Waals surface area contributed by atoms with E-state index in [1.54, 1.807) is 0 Å². The molecule has 0 bridgehead atoms. The zero-order valence-electron chi connectivity index (χ0n) is 7.91. The van der Waals surface area contributed by atoms with Gasteiger partial charge in [0, 0.05) is 0 Å². The molecule has 0 aliphatic carbocycles. The van der Waals surface area contributed by atoms with Crippen LogP contribution in [0.25, 0.3) is 5.76 Å². The van der Waals surface area contributed by atoms with Gasteiger partial charge in [0.25, 0.3) is 0 Å². The summed E-state index contributed by atoms with van der Waals surface area (Å²) in [5.41, 5.74) is -1.44. The first-order valence-corrected chi connectivity index (χ1v) is 4.13. The lowest BCUT2D eigenvalue weighted by Crippen LogP contribution is -2.14. The third-order valence-corrected chi connectivity index (χ3v) is 1.82. The van der Waals surface area contributed by atoms with Crippen LogP contribution in [-0.2, 0) is 9.59 Å². The molecule has 0 amide bonds. The number of benzene rings is 1. The molecule has 0 aliphatic rings. The van der Waals surface area contributed by atoms with Crippen molar-refractivity contribution in [3.05, 3.63) is 35.4 Å². The van der Waals surface area contributed by atoms with E-state index >= 15 is 0 Å². The molecule has 0 saturated carbocycles. The Kier molecular flexibility index (Phi) is 3.14. The maximum Gasteiger partial charge on any atom is 0.347 e. The fraction of sp³-hybridized carbons (Fsp3) is 0. The highest BCUT2D eigenvalue weighted by Gasteiger charge is 2.24. The van der Waals surface area contributed by atoms with Crippen molar-refractivity contribution in [2.75, 3.05) is 0 Å². The van der Waals surface area contributed by atoms with Gasteiger partial charge in [0.05, 0.1) is 5.56 Å². The molecule has 1 aromatic rings. The van der Waals surface area contributed by atoms with E-state index in [0.29, 0.717) is 0 Å². The summed E-state index contributed by atoms with van der Waals surface area (Å²) in [6.45, 7) is 0. The van der Waals surface area contributed by atoms with Gasteiger partial charge in [-0.2, -0.15) is 0 Å². The van der Waals surface area contributed by atoms with Gasteiger partial charge in [0.1, 0.15) is 11.5 Å². The first-order valence-electron chi connectivity index (χ1n) is 4.13. The number of carbonyl (C=O) groups is 2. The monoisotopic (exact) mass is 224 g/mol. The zero-order valence-corrected chi connectivity index (χ0v) is 7.91. The average Bonchev–Trinajstić information content (AvgIpc) is 2.16. The molecule has 4 N–H and O–H groups in total. The molecule has 16 heavy (non-hydrogen) atoms. The van der Waals surface area contributed by atoms with Crippen molar-refractivity contribution in [1.82, 2.24) is 0 Å². The fourth-order valence-electron chi connectivity index (χ4n) is 1.10. The number of hydrogen-bond donors (Lipinski definition) is 4. The Labute approximate surface area is 89.7 Å². The van der Waals surface area contributed by atoms with Gasteiger partial charge in [-0.15, -0.1) is 0 Å². The second-order valence-corrected chi connectivity index (χ2v) is 2.85. The third kappa shape index (κ3) is 2.11. The van der Waals surface area contributed by atoms with Gasteiger partial charge < -0.3 is 20.4 Å². The SMILES string of the molecule is O=C(O)C(C(=O)O)=C(O)c1ccccc1O. The quantitative estimate of drug-likeness (QED) is 0.261. The van der Waals surface area contributed by atoms with E-state index in [1.165, 1.54) is 24.3 Å². The molecule has 0 aromatic heterocycles. The second-order valence-electron chi connectivity index (χ2n) is 2.85. The number of hydrogen-bond acceptors (Lipinski definition) is 4. The second kappa shape index (κ2) is 4.35. The highest BCUT2D eigenvalue weighted by Crippen LogP contribution is 2.25. The van der Waals surface area contributed by atoms with Gasteiger partial charge in [-0.05, 0) is 12.1 Å². The molecule has 0 unspecified atom stereocenters. The lowest BCUT2D eigenvalue weighted by Gasteiger charge is -2.05. The van der Waals surface area contributed by atoms with Crippen LogP contribution in [0, 0.1) is 0 Å². The fourth-order valence-corrected chi connectivity index (χ4v) is 1.10. The van der Waals surface area contributed by atoms with Crippen LogP contribution in [0.15, 0.2) is 29.8 Å². The van der Waals surface area contributed by atoms with E-state index < -0.39 is 29.0 Å². The predicted octanol–water partition coefficient (Wildman–Crippen LogP) is 0.831. The van der Waals surface area contributed by atoms with Gasteiger partial charge in [-0.3, -0.25) is 0 Å². The summed E-state index contributed by atoms with van der Waals surface area (Å²) in [5.74, 6) is -4.96. The molecule has 0 saturated heterocycles. The minimum absolute atomic E-state index is 0.248. The number of aliphatic hydroxyl groups excluding tert-OH is 1. The summed E-state index contributed by atoms with van der Waals surface area (Å²) < 4.78 is 0. The molecule has 0 spiro atoms. The normalized spacial score (nSPS) is 9.50. The van der Waals surface area contributed by atoms with Gasteiger partial charge in [0.2, 0.25) is 0 Å². The molecule has 0 radical (unpaired) electrons. The van der Waals surface area contributed by atoms with Crippen LogP contribution in [-0.4, -0.2) is 32.4 Å². The molecule has 6 nitrogen and oxygen atoms in total. The Hall–Kier alpha value is -2.50. The summed E-state index contributed by atoms with van der Waals surface area (Å²) >= 11 is 0. The van der Waals surface area contributed by atoms with Crippen LogP contribution in [0.3, 0.4) is 0 Å². The molecule has 1 aromatic carbocycles. The summed E-state index contributed by atoms with van der Waals surface area (Å²) in [7, 11) is 0. The van der Waals surface area contributed by atoms with Crippen LogP contribution < -0.4 is 0 Å². The molecule has 0 atom stereocenters. The molecule has 6 heteroatoms. The van der Waals surface area contributed by atoms with Crippen molar-refractivity contribution < 1.29 is 30.0 Å². The van der Waals surface area contributed by atoms with Crippen molar-refractivity contribution >= 4 is 17.7 Å². The first kappa shape index (κ1) is 11.6. The van der Waals surface area contributed by atoms with Gasteiger partial charge in [-0.1, -0.05) is 12.1 Å². The van der Waals surface area contributed by atoms with E-state index in [-0.39, 0.29) is 5.56 Å². The van der Waals surface area contributed by atoms with Gasteiger partial charge in [0.15, 0.2) is 5.57 Å². The lowest BCUT2D eigenvalue weighted by molar-refractivity contribution is -0.140. The Bertz CT molecular complexity index is 458. The standard InChI is InChI=1S/C10H8O6/c11-6-4-2-1-3-5(6)8(12)7(9(13)14)10(15)16/h1-4,11-12H,(H,13,14)(H,15,16). The summed E-state index contributed by atoms with van der Waals surface area (Å²) in [6, 6.07) is 5.28. The van der Waals surface area contributed by atoms with Crippen molar-refractivity contribution in [2.24, 2.45) is 0 Å². The summed E-state index contributed by atoms with van der Waals surface area (Å²) in [5, 5.41) is 35.9. The highest BCUT2D eigenvalue weighted by atomic mass is 16.4. The molecule has 84 valence electrons. The molecule has 0 heterocycles. The summed E-state index contributed by atoms with van der Waals surface area (Å²) in [4.78, 5) is 21.2. The number of para-hydroxylation sites is 1. The maximum absolute atomic E-state index is 10.6. The van der Waals surface area contributed by atoms with Crippen molar-refractivity contribution in [2.45, 2.75) is 0 Å². The summed E-state index contributed by atoms with van der Waals surface area (Å²) in [6.07, 6.45) is 0. The third-order valence-electron chi connectivity index (χ3n) is 1.82. The minimum Gasteiger partial charge on any atom is -0.507 e. The Morgan fingerprint density at radius 1 is 0.938 bits per heavy atom. The molecular weight excluding hydrogens is 216 g/mol. The number of aromatic hydroxyl groups is 1. The van der Waals surface area contributed by atoms with Crippen LogP contribution in [0.2, 0.25) is 0 Å². The number of rotatable bonds is 3. The van der Waals surface area contributed by atoms with E-state index in [0.717, 1.165) is 0 Å². The molecule has 0 fully saturated rings. The van der Waals surface area contributed by atoms with Crippen LogP contribution in [0.1, 0.15) is 5.56 Å². The first-order chi connectivity index (χ1) is 7.45. The Balaban J connectivity index is 3.42. The number of phenolic OH excluding ortho intramolecular Hbond substituents is 1. The average molecular weight is 224 g/mol. The lowest BCUT2D eigenvalue weighted by atomic mass is 10.1. The van der Waals surface area contributed by atoms with E-state index in [2.05, 4.69) is 0 Å². The molecule has 0 aliphatic heterocycles. The number of aliphatic hydroxyl groups is 1. The Morgan fingerprint density at radius 3 is 1.88 bits per heavy atom. The van der Waals surface area contributed by atoms with E-state index in [9.17, 15) is 19.8 Å².